The van der Waals surface area contributed by atoms with Gasteiger partial charge in [-0.2, -0.15) is 5.26 Å². The first kappa shape index (κ1) is 18.4. The Kier molecular flexibility index (Phi) is 6.70. The number of amides is 2. The summed E-state index contributed by atoms with van der Waals surface area (Å²) in [4.78, 5) is 32.7. The van der Waals surface area contributed by atoms with Crippen molar-refractivity contribution in [3.63, 3.8) is 0 Å². The van der Waals surface area contributed by atoms with E-state index in [-0.39, 0.29) is 17.9 Å². The molecule has 1 aromatic rings. The third kappa shape index (κ3) is 5.01. The predicted molar refractivity (Wildman–Crippen MR) is 91.6 cm³/mol. The van der Waals surface area contributed by atoms with Crippen LogP contribution in [0.3, 0.4) is 0 Å². The van der Waals surface area contributed by atoms with Crippen molar-refractivity contribution >= 4 is 23.2 Å². The van der Waals surface area contributed by atoms with E-state index in [0.717, 1.165) is 31.6 Å². The number of aromatic nitrogens is 1. The number of nitrogens with one attached hydrogen (secondary N) is 1. The van der Waals surface area contributed by atoms with Crippen LogP contribution in [0.15, 0.2) is 5.51 Å². The van der Waals surface area contributed by atoms with Gasteiger partial charge in [-0.15, -0.1) is 11.3 Å². The SMILES string of the molecule is Cc1ncsc1C(=O)NC1CCN(CC(=O)N(C)CCC#N)CC1. The minimum absolute atomic E-state index is 0.0352. The number of aryl methyl sites for hydroxylation is 1. The number of hydrogen-bond donors (Lipinski definition) is 1. The second-order valence-corrected chi connectivity index (χ2v) is 6.87. The second-order valence-electron chi connectivity index (χ2n) is 6.01. The molecule has 8 heteroatoms. The van der Waals surface area contributed by atoms with Crippen LogP contribution in [0, 0.1) is 18.3 Å². The standard InChI is InChI=1S/C16H23N5O2S/c1-12-15(24-11-18-12)16(23)19-13-4-8-21(9-5-13)10-14(22)20(2)7-3-6-17/h11,13H,3-5,7-10H2,1-2H3,(H,19,23). The first-order valence-electron chi connectivity index (χ1n) is 8.05. The van der Waals surface area contributed by atoms with Gasteiger partial charge in [-0.1, -0.05) is 0 Å². The summed E-state index contributed by atoms with van der Waals surface area (Å²) in [6.07, 6.45) is 2.02. The van der Waals surface area contributed by atoms with Crippen molar-refractivity contribution in [3.8, 4) is 6.07 Å². The van der Waals surface area contributed by atoms with Gasteiger partial charge in [-0.05, 0) is 19.8 Å². The molecular weight excluding hydrogens is 326 g/mol. The van der Waals surface area contributed by atoms with Crippen molar-refractivity contribution in [2.24, 2.45) is 0 Å². The van der Waals surface area contributed by atoms with E-state index < -0.39 is 0 Å². The fourth-order valence-corrected chi connectivity index (χ4v) is 3.37. The average Bonchev–Trinajstić information content (AvgIpc) is 3.00. The van der Waals surface area contributed by atoms with E-state index in [2.05, 4.69) is 15.2 Å². The van der Waals surface area contributed by atoms with Gasteiger partial charge in [0.05, 0.1) is 30.2 Å². The Hall–Kier alpha value is -1.98. The molecule has 7 nitrogen and oxygen atoms in total. The van der Waals surface area contributed by atoms with Gasteiger partial charge < -0.3 is 10.2 Å². The van der Waals surface area contributed by atoms with Gasteiger partial charge in [0.25, 0.3) is 5.91 Å². The molecule has 2 rings (SSSR count). The Morgan fingerprint density at radius 3 is 2.79 bits per heavy atom. The second kappa shape index (κ2) is 8.76. The van der Waals surface area contributed by atoms with Crippen LogP contribution in [0.25, 0.3) is 0 Å². The minimum atomic E-state index is -0.0548. The lowest BCUT2D eigenvalue weighted by atomic mass is 10.0. The van der Waals surface area contributed by atoms with Crippen LogP contribution >= 0.6 is 11.3 Å². The van der Waals surface area contributed by atoms with Crippen LogP contribution in [0.4, 0.5) is 0 Å². The fourth-order valence-electron chi connectivity index (χ4n) is 2.66. The number of carbonyl (C=O) groups is 2. The summed E-state index contributed by atoms with van der Waals surface area (Å²) in [5.74, 6) is -0.0196. The number of nitrogens with zero attached hydrogens (tertiary/aromatic N) is 4. The molecule has 1 aromatic heterocycles. The summed E-state index contributed by atoms with van der Waals surface area (Å²) in [6, 6.07) is 2.19. The summed E-state index contributed by atoms with van der Waals surface area (Å²) in [6.45, 7) is 4.24. The Morgan fingerprint density at radius 1 is 1.50 bits per heavy atom. The number of rotatable bonds is 6. The predicted octanol–water partition coefficient (Wildman–Crippen LogP) is 1.02. The van der Waals surface area contributed by atoms with Gasteiger partial charge in [0.15, 0.2) is 0 Å². The third-order valence-electron chi connectivity index (χ3n) is 4.22. The highest BCUT2D eigenvalue weighted by Crippen LogP contribution is 2.15. The van der Waals surface area contributed by atoms with Gasteiger partial charge in [0.1, 0.15) is 4.88 Å². The number of likely N-dealkylation sites (tertiary alicyclic amines) is 1. The lowest BCUT2D eigenvalue weighted by Crippen LogP contribution is -2.47. The van der Waals surface area contributed by atoms with Crippen molar-refractivity contribution in [2.75, 3.05) is 33.2 Å². The number of piperidine rings is 1. The normalized spacial score (nSPS) is 15.7. The van der Waals surface area contributed by atoms with E-state index in [0.29, 0.717) is 24.4 Å². The fraction of sp³-hybridized carbons (Fsp3) is 0.625. The first-order valence-corrected chi connectivity index (χ1v) is 8.93. The van der Waals surface area contributed by atoms with Crippen molar-refractivity contribution in [2.45, 2.75) is 32.2 Å². The van der Waals surface area contributed by atoms with Crippen LogP contribution in [0.1, 0.15) is 34.6 Å². The van der Waals surface area contributed by atoms with E-state index in [1.54, 1.807) is 17.5 Å². The summed E-state index contributed by atoms with van der Waals surface area (Å²) in [5, 5.41) is 11.6. The molecule has 1 saturated heterocycles. The van der Waals surface area contributed by atoms with Crippen LogP contribution in [-0.2, 0) is 4.79 Å². The van der Waals surface area contributed by atoms with E-state index in [1.165, 1.54) is 11.3 Å². The zero-order valence-electron chi connectivity index (χ0n) is 14.1. The van der Waals surface area contributed by atoms with Crippen LogP contribution in [0.5, 0.6) is 0 Å². The summed E-state index contributed by atoms with van der Waals surface area (Å²) < 4.78 is 0. The number of hydrogen-bond acceptors (Lipinski definition) is 6. The number of carbonyl (C=O) groups excluding carboxylic acids is 2. The smallest absolute Gasteiger partial charge is 0.263 e. The van der Waals surface area contributed by atoms with Crippen LogP contribution in [-0.4, -0.2) is 65.9 Å². The molecule has 0 spiro atoms. The average molecular weight is 349 g/mol. The molecular formula is C16H23N5O2S. The Morgan fingerprint density at radius 2 is 2.21 bits per heavy atom. The molecule has 0 aromatic carbocycles. The van der Waals surface area contributed by atoms with Crippen LogP contribution < -0.4 is 5.32 Å². The monoisotopic (exact) mass is 349 g/mol. The molecule has 2 heterocycles. The highest BCUT2D eigenvalue weighted by atomic mass is 32.1. The Labute approximate surface area is 146 Å². The molecule has 0 atom stereocenters. The molecule has 0 bridgehead atoms. The Bertz CT molecular complexity index is 616. The third-order valence-corrected chi connectivity index (χ3v) is 5.15. The van der Waals surface area contributed by atoms with Crippen LogP contribution in [0.2, 0.25) is 0 Å². The maximum absolute atomic E-state index is 12.2. The number of thiazole rings is 1. The quantitative estimate of drug-likeness (QED) is 0.828. The van der Waals surface area contributed by atoms with E-state index in [4.69, 9.17) is 5.26 Å². The summed E-state index contributed by atoms with van der Waals surface area (Å²) >= 11 is 1.36. The highest BCUT2D eigenvalue weighted by molar-refractivity contribution is 7.11. The van der Waals surface area contributed by atoms with Crippen molar-refractivity contribution in [1.82, 2.24) is 20.1 Å². The summed E-state index contributed by atoms with van der Waals surface area (Å²) in [7, 11) is 1.73. The van der Waals surface area contributed by atoms with Gasteiger partial charge in [-0.25, -0.2) is 4.98 Å². The largest absolute Gasteiger partial charge is 0.348 e. The topological polar surface area (TPSA) is 89.3 Å². The number of likely N-dealkylation sites (N-methyl/N-ethyl adjacent to an activating group) is 1. The van der Waals surface area contributed by atoms with Gasteiger partial charge in [0, 0.05) is 32.7 Å². The zero-order valence-corrected chi connectivity index (χ0v) is 14.9. The van der Waals surface area contributed by atoms with E-state index in [9.17, 15) is 9.59 Å². The molecule has 1 aliphatic heterocycles. The molecule has 0 aliphatic carbocycles. The summed E-state index contributed by atoms with van der Waals surface area (Å²) in [5.41, 5.74) is 2.45. The lowest BCUT2D eigenvalue weighted by Gasteiger charge is -2.32. The van der Waals surface area contributed by atoms with Crippen molar-refractivity contribution < 1.29 is 9.59 Å². The number of nitriles is 1. The van der Waals surface area contributed by atoms with E-state index in [1.807, 2.05) is 13.0 Å². The van der Waals surface area contributed by atoms with Gasteiger partial charge in [-0.3, -0.25) is 14.5 Å². The molecule has 1 fully saturated rings. The van der Waals surface area contributed by atoms with Crippen molar-refractivity contribution in [3.05, 3.63) is 16.1 Å². The van der Waals surface area contributed by atoms with Crippen molar-refractivity contribution in [1.29, 1.82) is 5.26 Å². The van der Waals surface area contributed by atoms with Gasteiger partial charge >= 0.3 is 0 Å². The minimum Gasteiger partial charge on any atom is -0.348 e. The maximum Gasteiger partial charge on any atom is 0.263 e. The molecule has 0 saturated carbocycles. The molecule has 0 unspecified atom stereocenters. The maximum atomic E-state index is 12.2. The highest BCUT2D eigenvalue weighted by Gasteiger charge is 2.24. The molecule has 1 aliphatic rings. The molecule has 0 radical (unpaired) electrons. The molecule has 1 N–H and O–H groups in total. The molecule has 2 amide bonds. The lowest BCUT2D eigenvalue weighted by molar-refractivity contribution is -0.131. The van der Waals surface area contributed by atoms with Gasteiger partial charge in [0.2, 0.25) is 5.91 Å². The zero-order chi connectivity index (χ0) is 17.5. The first-order chi connectivity index (χ1) is 11.5. The van der Waals surface area contributed by atoms with E-state index >= 15 is 0 Å². The molecule has 130 valence electrons. The molecule has 24 heavy (non-hydrogen) atoms. The Balaban J connectivity index is 1.73.